The van der Waals surface area contributed by atoms with Gasteiger partial charge in [-0.05, 0) is 24.3 Å². The zero-order valence-corrected chi connectivity index (χ0v) is 13.5. The quantitative estimate of drug-likeness (QED) is 0.591. The van der Waals surface area contributed by atoms with E-state index in [-0.39, 0.29) is 5.69 Å². The lowest BCUT2D eigenvalue weighted by Crippen LogP contribution is -2.38. The molecule has 0 saturated carbocycles. The SMILES string of the molecule is COC(=O)C(CO)C(O)S(=O)(=O)c1ccc(NC(=O)C(F)(F)F)cc1. The third-order valence-corrected chi connectivity index (χ3v) is 4.95. The van der Waals surface area contributed by atoms with E-state index in [1.54, 1.807) is 0 Å². The fraction of sp³-hybridized carbons (Fsp3) is 0.385. The molecule has 0 spiro atoms. The van der Waals surface area contributed by atoms with E-state index in [1.165, 1.54) is 5.32 Å². The Balaban J connectivity index is 3.04. The Morgan fingerprint density at radius 2 is 1.76 bits per heavy atom. The summed E-state index contributed by atoms with van der Waals surface area (Å²) < 4.78 is 65.1. The molecule has 1 amide bonds. The highest BCUT2D eigenvalue weighted by molar-refractivity contribution is 7.92. The topological polar surface area (TPSA) is 130 Å². The average Bonchev–Trinajstić information content (AvgIpc) is 2.54. The van der Waals surface area contributed by atoms with Crippen LogP contribution in [0.1, 0.15) is 0 Å². The first kappa shape index (κ1) is 20.9. The van der Waals surface area contributed by atoms with E-state index in [0.29, 0.717) is 0 Å². The molecular formula is C13H14F3NO7S. The third-order valence-electron chi connectivity index (χ3n) is 3.06. The zero-order valence-electron chi connectivity index (χ0n) is 12.6. The Morgan fingerprint density at radius 1 is 1.24 bits per heavy atom. The Bertz CT molecular complexity index is 731. The molecule has 1 rings (SSSR count). The molecule has 0 aromatic heterocycles. The summed E-state index contributed by atoms with van der Waals surface area (Å²) in [6.07, 6.45) is -5.12. The molecular weight excluding hydrogens is 371 g/mol. The lowest BCUT2D eigenvalue weighted by atomic mass is 10.2. The number of nitrogens with one attached hydrogen (secondary N) is 1. The summed E-state index contributed by atoms with van der Waals surface area (Å²) in [5, 5.41) is 20.4. The Kier molecular flexibility index (Phi) is 6.51. The summed E-state index contributed by atoms with van der Waals surface area (Å²) in [6, 6.07) is 3.40. The van der Waals surface area contributed by atoms with Gasteiger partial charge in [-0.1, -0.05) is 0 Å². The standard InChI is InChI=1S/C13H14F3NO7S/c1-24-10(19)9(6-18)11(20)25(22,23)8-4-2-7(3-5-8)17-12(21)13(14,15)16/h2-5,9,11,18,20H,6H2,1H3,(H,17,21). The van der Waals surface area contributed by atoms with Gasteiger partial charge >= 0.3 is 18.1 Å². The van der Waals surface area contributed by atoms with E-state index >= 15 is 0 Å². The van der Waals surface area contributed by atoms with Gasteiger partial charge in [-0.3, -0.25) is 9.59 Å². The number of benzene rings is 1. The minimum atomic E-state index is -5.12. The Labute approximate surface area is 140 Å². The van der Waals surface area contributed by atoms with E-state index in [9.17, 15) is 36.3 Å². The van der Waals surface area contributed by atoms with Gasteiger partial charge in [0, 0.05) is 5.69 Å². The van der Waals surface area contributed by atoms with Crippen LogP contribution in [0.15, 0.2) is 29.2 Å². The highest BCUT2D eigenvalue weighted by Crippen LogP contribution is 2.24. The molecule has 0 aliphatic rings. The maximum atomic E-state index is 12.2. The number of sulfone groups is 1. The number of alkyl halides is 3. The summed E-state index contributed by atoms with van der Waals surface area (Å²) in [5.74, 6) is -5.17. The van der Waals surface area contributed by atoms with Crippen molar-refractivity contribution in [3.8, 4) is 0 Å². The second kappa shape index (κ2) is 7.80. The minimum Gasteiger partial charge on any atom is -0.469 e. The largest absolute Gasteiger partial charge is 0.471 e. The Morgan fingerprint density at radius 3 is 2.16 bits per heavy atom. The number of hydrogen-bond donors (Lipinski definition) is 3. The molecule has 8 nitrogen and oxygen atoms in total. The summed E-state index contributed by atoms with van der Waals surface area (Å²) in [4.78, 5) is 21.6. The third kappa shape index (κ3) is 4.90. The van der Waals surface area contributed by atoms with Crippen molar-refractivity contribution >= 4 is 27.4 Å². The molecule has 2 unspecified atom stereocenters. The molecule has 0 saturated heterocycles. The lowest BCUT2D eigenvalue weighted by molar-refractivity contribution is -0.167. The van der Waals surface area contributed by atoms with Crippen LogP contribution in [0.4, 0.5) is 18.9 Å². The number of rotatable bonds is 6. The van der Waals surface area contributed by atoms with Crippen LogP contribution in [-0.4, -0.2) is 55.8 Å². The lowest BCUT2D eigenvalue weighted by Gasteiger charge is -2.19. The van der Waals surface area contributed by atoms with Crippen LogP contribution in [-0.2, 0) is 24.2 Å². The van der Waals surface area contributed by atoms with Crippen molar-refractivity contribution in [1.82, 2.24) is 0 Å². The van der Waals surface area contributed by atoms with Crippen molar-refractivity contribution in [1.29, 1.82) is 0 Å². The van der Waals surface area contributed by atoms with Gasteiger partial charge in [0.05, 0.1) is 18.6 Å². The number of amides is 1. The second-order valence-corrected chi connectivity index (χ2v) is 6.77. The van der Waals surface area contributed by atoms with Crippen molar-refractivity contribution in [2.75, 3.05) is 19.0 Å². The summed E-state index contributed by atoms with van der Waals surface area (Å²) in [5.41, 5.74) is -2.66. The first-order valence-corrected chi connectivity index (χ1v) is 8.08. The van der Waals surface area contributed by atoms with Crippen molar-refractivity contribution in [2.24, 2.45) is 5.92 Å². The van der Waals surface area contributed by atoms with Gasteiger partial charge in [0.25, 0.3) is 0 Å². The number of halogens is 3. The fourth-order valence-electron chi connectivity index (χ4n) is 1.72. The van der Waals surface area contributed by atoms with E-state index in [4.69, 9.17) is 5.11 Å². The first-order chi connectivity index (χ1) is 11.4. The minimum absolute atomic E-state index is 0.331. The maximum absolute atomic E-state index is 12.2. The number of methoxy groups -OCH3 is 1. The van der Waals surface area contributed by atoms with Gasteiger partial charge in [-0.2, -0.15) is 13.2 Å². The smallest absolute Gasteiger partial charge is 0.469 e. The van der Waals surface area contributed by atoms with Crippen LogP contribution in [0.2, 0.25) is 0 Å². The molecule has 0 aliphatic carbocycles. The highest BCUT2D eigenvalue weighted by Gasteiger charge is 2.39. The molecule has 0 fully saturated rings. The van der Waals surface area contributed by atoms with Crippen molar-refractivity contribution < 1.29 is 46.1 Å². The van der Waals surface area contributed by atoms with Crippen LogP contribution in [0, 0.1) is 5.92 Å². The predicted octanol–water partition coefficient (Wildman–Crippen LogP) is 0.0610. The Hall–Kier alpha value is -2.18. The number of carbonyl (C=O) groups is 2. The molecule has 1 aromatic rings. The van der Waals surface area contributed by atoms with Gasteiger partial charge < -0.3 is 20.3 Å². The molecule has 0 bridgehead atoms. The van der Waals surface area contributed by atoms with Gasteiger partial charge in [-0.15, -0.1) is 0 Å². The van der Waals surface area contributed by atoms with E-state index < -0.39 is 50.7 Å². The number of esters is 1. The normalized spacial score (nSPS) is 14.5. The fourth-order valence-corrected chi connectivity index (χ4v) is 3.14. The number of aliphatic hydroxyl groups is 2. The number of aliphatic hydroxyl groups excluding tert-OH is 2. The molecule has 1 aromatic carbocycles. The molecule has 2 atom stereocenters. The molecule has 0 aliphatic heterocycles. The van der Waals surface area contributed by atoms with E-state index in [0.717, 1.165) is 31.4 Å². The van der Waals surface area contributed by atoms with Gasteiger partial charge in [-0.25, -0.2) is 8.42 Å². The highest BCUT2D eigenvalue weighted by atomic mass is 32.2. The number of anilines is 1. The van der Waals surface area contributed by atoms with Gasteiger partial charge in [0.2, 0.25) is 9.84 Å². The van der Waals surface area contributed by atoms with Crippen molar-refractivity contribution in [3.05, 3.63) is 24.3 Å². The molecule has 12 heteroatoms. The molecule has 0 heterocycles. The van der Waals surface area contributed by atoms with Crippen LogP contribution < -0.4 is 5.32 Å². The second-order valence-electron chi connectivity index (χ2n) is 4.72. The molecule has 25 heavy (non-hydrogen) atoms. The number of carbonyl (C=O) groups excluding carboxylic acids is 2. The summed E-state index contributed by atoms with van der Waals surface area (Å²) in [6.45, 7) is -1.01. The van der Waals surface area contributed by atoms with Crippen LogP contribution in [0.5, 0.6) is 0 Å². The van der Waals surface area contributed by atoms with Gasteiger partial charge in [0.1, 0.15) is 5.92 Å². The zero-order chi connectivity index (χ0) is 19.4. The van der Waals surface area contributed by atoms with Crippen LogP contribution in [0.3, 0.4) is 0 Å². The van der Waals surface area contributed by atoms with Crippen molar-refractivity contribution in [2.45, 2.75) is 16.5 Å². The summed E-state index contributed by atoms with van der Waals surface area (Å²) >= 11 is 0. The molecule has 140 valence electrons. The van der Waals surface area contributed by atoms with Crippen LogP contribution in [0.25, 0.3) is 0 Å². The maximum Gasteiger partial charge on any atom is 0.471 e. The van der Waals surface area contributed by atoms with Crippen LogP contribution >= 0.6 is 0 Å². The predicted molar refractivity (Wildman–Crippen MR) is 76.9 cm³/mol. The average molecular weight is 385 g/mol. The number of ether oxygens (including phenoxy) is 1. The first-order valence-electron chi connectivity index (χ1n) is 6.54. The summed E-state index contributed by atoms with van der Waals surface area (Å²) in [7, 11) is -3.59. The molecule has 0 radical (unpaired) electrons. The molecule has 3 N–H and O–H groups in total. The number of hydrogen-bond acceptors (Lipinski definition) is 7. The monoisotopic (exact) mass is 385 g/mol. The van der Waals surface area contributed by atoms with Crippen molar-refractivity contribution in [3.63, 3.8) is 0 Å². The van der Waals surface area contributed by atoms with E-state index in [2.05, 4.69) is 4.74 Å². The van der Waals surface area contributed by atoms with Gasteiger partial charge in [0.15, 0.2) is 5.44 Å². The van der Waals surface area contributed by atoms with E-state index in [1.807, 2.05) is 0 Å².